The van der Waals surface area contributed by atoms with Crippen LogP contribution in [-0.4, -0.2) is 28.0 Å². The lowest BCUT2D eigenvalue weighted by atomic mass is 9.94. The molecule has 1 aromatic carbocycles. The fraction of sp³-hybridized carbons (Fsp3) is 0.412. The molecule has 0 amide bonds. The molecular formula is C17H20FN3. The summed E-state index contributed by atoms with van der Waals surface area (Å²) >= 11 is 0. The molecule has 1 aliphatic heterocycles. The predicted octanol–water partition coefficient (Wildman–Crippen LogP) is 3.30. The van der Waals surface area contributed by atoms with Gasteiger partial charge in [-0.1, -0.05) is 18.2 Å². The number of piperidine rings is 1. The zero-order chi connectivity index (χ0) is 14.7. The van der Waals surface area contributed by atoms with Gasteiger partial charge in [0.2, 0.25) is 0 Å². The van der Waals surface area contributed by atoms with E-state index in [1.165, 1.54) is 6.07 Å². The lowest BCUT2D eigenvalue weighted by molar-refractivity contribution is 0.196. The van der Waals surface area contributed by atoms with E-state index in [1.807, 2.05) is 31.3 Å². The minimum atomic E-state index is -0.113. The van der Waals surface area contributed by atoms with E-state index in [4.69, 9.17) is 0 Å². The summed E-state index contributed by atoms with van der Waals surface area (Å²) in [5.41, 5.74) is 1.89. The first kappa shape index (κ1) is 14.1. The second-order valence-electron chi connectivity index (χ2n) is 5.69. The summed E-state index contributed by atoms with van der Waals surface area (Å²) in [5.74, 6) is 1.13. The van der Waals surface area contributed by atoms with Crippen molar-refractivity contribution in [3.8, 4) is 0 Å². The summed E-state index contributed by atoms with van der Waals surface area (Å²) in [5, 5.41) is 0. The summed E-state index contributed by atoms with van der Waals surface area (Å²) in [7, 11) is 0. The second-order valence-corrected chi connectivity index (χ2v) is 5.69. The lowest BCUT2D eigenvalue weighted by Crippen LogP contribution is -2.34. The van der Waals surface area contributed by atoms with E-state index >= 15 is 0 Å². The van der Waals surface area contributed by atoms with E-state index in [9.17, 15) is 4.39 Å². The lowest BCUT2D eigenvalue weighted by Gasteiger charge is -2.32. The van der Waals surface area contributed by atoms with Gasteiger partial charge in [0.15, 0.2) is 0 Å². The molecule has 0 aliphatic carbocycles. The molecule has 1 saturated heterocycles. The number of benzene rings is 1. The van der Waals surface area contributed by atoms with E-state index in [2.05, 4.69) is 14.9 Å². The Bertz CT molecular complexity index is 614. The van der Waals surface area contributed by atoms with E-state index in [-0.39, 0.29) is 5.82 Å². The van der Waals surface area contributed by atoms with Crippen molar-refractivity contribution in [2.75, 3.05) is 13.1 Å². The first-order chi connectivity index (χ1) is 10.2. The van der Waals surface area contributed by atoms with E-state index in [1.54, 1.807) is 6.07 Å². The standard InChI is InChI=1S/C17H20FN3/c1-13-19-9-8-17(20-13)15-6-4-10-21(12-15)11-14-5-2-3-7-16(14)18/h2-3,5,7-9,15H,4,6,10-12H2,1H3. The molecule has 0 bridgehead atoms. The number of rotatable bonds is 3. The SMILES string of the molecule is Cc1nccc(C2CCCN(Cc3ccccc3F)C2)n1. The number of hydrogen-bond acceptors (Lipinski definition) is 3. The van der Waals surface area contributed by atoms with Crippen LogP contribution in [0.25, 0.3) is 0 Å². The van der Waals surface area contributed by atoms with Crippen LogP contribution in [0.4, 0.5) is 4.39 Å². The maximum atomic E-state index is 13.8. The van der Waals surface area contributed by atoms with Gasteiger partial charge < -0.3 is 0 Å². The third-order valence-electron chi connectivity index (χ3n) is 4.07. The van der Waals surface area contributed by atoms with Crippen molar-refractivity contribution in [2.45, 2.75) is 32.2 Å². The Morgan fingerprint density at radius 3 is 2.95 bits per heavy atom. The fourth-order valence-electron chi connectivity index (χ4n) is 3.01. The molecule has 0 saturated carbocycles. The smallest absolute Gasteiger partial charge is 0.127 e. The van der Waals surface area contributed by atoms with Crippen LogP contribution in [0.15, 0.2) is 36.5 Å². The highest BCUT2D eigenvalue weighted by Gasteiger charge is 2.23. The number of hydrogen-bond donors (Lipinski definition) is 0. The van der Waals surface area contributed by atoms with Gasteiger partial charge in [-0.25, -0.2) is 14.4 Å². The molecule has 2 heterocycles. The van der Waals surface area contributed by atoms with Crippen molar-refractivity contribution in [3.63, 3.8) is 0 Å². The Hall–Kier alpha value is -1.81. The van der Waals surface area contributed by atoms with Crippen LogP contribution < -0.4 is 0 Å². The zero-order valence-electron chi connectivity index (χ0n) is 12.3. The van der Waals surface area contributed by atoms with Crippen LogP contribution in [0.2, 0.25) is 0 Å². The maximum absolute atomic E-state index is 13.8. The Kier molecular flexibility index (Phi) is 4.25. The van der Waals surface area contributed by atoms with Crippen molar-refractivity contribution < 1.29 is 4.39 Å². The summed E-state index contributed by atoms with van der Waals surface area (Å²) < 4.78 is 13.8. The molecule has 3 nitrogen and oxygen atoms in total. The van der Waals surface area contributed by atoms with E-state index in [0.717, 1.165) is 43.0 Å². The van der Waals surface area contributed by atoms with Gasteiger partial charge in [-0.15, -0.1) is 0 Å². The maximum Gasteiger partial charge on any atom is 0.127 e. The molecule has 0 spiro atoms. The number of likely N-dealkylation sites (tertiary alicyclic amines) is 1. The molecule has 3 rings (SSSR count). The monoisotopic (exact) mass is 285 g/mol. The van der Waals surface area contributed by atoms with Crippen molar-refractivity contribution in [1.82, 2.24) is 14.9 Å². The molecule has 1 unspecified atom stereocenters. The van der Waals surface area contributed by atoms with Gasteiger partial charge >= 0.3 is 0 Å². The zero-order valence-corrected chi connectivity index (χ0v) is 12.3. The molecule has 0 N–H and O–H groups in total. The summed E-state index contributed by atoms with van der Waals surface area (Å²) in [4.78, 5) is 11.0. The Balaban J connectivity index is 1.70. The summed E-state index contributed by atoms with van der Waals surface area (Å²) in [6.07, 6.45) is 4.10. The summed E-state index contributed by atoms with van der Waals surface area (Å²) in [6.45, 7) is 4.55. The minimum absolute atomic E-state index is 0.113. The Morgan fingerprint density at radius 1 is 1.29 bits per heavy atom. The molecule has 0 radical (unpaired) electrons. The van der Waals surface area contributed by atoms with Crippen LogP contribution in [-0.2, 0) is 6.54 Å². The average molecular weight is 285 g/mol. The van der Waals surface area contributed by atoms with Crippen LogP contribution >= 0.6 is 0 Å². The van der Waals surface area contributed by atoms with Gasteiger partial charge in [0, 0.05) is 36.5 Å². The molecule has 1 atom stereocenters. The van der Waals surface area contributed by atoms with Gasteiger partial charge in [-0.3, -0.25) is 4.90 Å². The molecule has 110 valence electrons. The van der Waals surface area contributed by atoms with E-state index in [0.29, 0.717) is 12.5 Å². The molecule has 4 heteroatoms. The average Bonchev–Trinajstić information content (AvgIpc) is 2.50. The molecule has 2 aromatic rings. The first-order valence-electron chi connectivity index (χ1n) is 7.47. The van der Waals surface area contributed by atoms with Crippen LogP contribution in [0.5, 0.6) is 0 Å². The van der Waals surface area contributed by atoms with Crippen molar-refractivity contribution in [3.05, 3.63) is 59.4 Å². The normalized spacial score (nSPS) is 19.6. The summed E-state index contributed by atoms with van der Waals surface area (Å²) in [6, 6.07) is 9.04. The Labute approximate surface area is 124 Å². The van der Waals surface area contributed by atoms with Gasteiger partial charge in [0.1, 0.15) is 11.6 Å². The van der Waals surface area contributed by atoms with Crippen molar-refractivity contribution >= 4 is 0 Å². The quantitative estimate of drug-likeness (QED) is 0.866. The minimum Gasteiger partial charge on any atom is -0.298 e. The van der Waals surface area contributed by atoms with Crippen molar-refractivity contribution in [2.24, 2.45) is 0 Å². The first-order valence-corrected chi connectivity index (χ1v) is 7.47. The van der Waals surface area contributed by atoms with Gasteiger partial charge in [-0.05, 0) is 38.4 Å². The number of nitrogens with zero attached hydrogens (tertiary/aromatic N) is 3. The third-order valence-corrected chi connectivity index (χ3v) is 4.07. The van der Waals surface area contributed by atoms with Gasteiger partial charge in [-0.2, -0.15) is 0 Å². The third kappa shape index (κ3) is 3.45. The fourth-order valence-corrected chi connectivity index (χ4v) is 3.01. The molecule has 1 aliphatic rings. The van der Waals surface area contributed by atoms with E-state index < -0.39 is 0 Å². The predicted molar refractivity (Wildman–Crippen MR) is 80.4 cm³/mol. The highest BCUT2D eigenvalue weighted by atomic mass is 19.1. The Morgan fingerprint density at radius 2 is 2.14 bits per heavy atom. The molecule has 21 heavy (non-hydrogen) atoms. The largest absolute Gasteiger partial charge is 0.298 e. The number of halogens is 1. The van der Waals surface area contributed by atoms with Crippen LogP contribution in [0.3, 0.4) is 0 Å². The van der Waals surface area contributed by atoms with Gasteiger partial charge in [0.05, 0.1) is 0 Å². The van der Waals surface area contributed by atoms with Crippen LogP contribution in [0, 0.1) is 12.7 Å². The molecule has 1 aromatic heterocycles. The topological polar surface area (TPSA) is 29.0 Å². The second kappa shape index (κ2) is 6.31. The number of aryl methyl sites for hydroxylation is 1. The number of aromatic nitrogens is 2. The molecule has 1 fully saturated rings. The van der Waals surface area contributed by atoms with Gasteiger partial charge in [0.25, 0.3) is 0 Å². The van der Waals surface area contributed by atoms with Crippen LogP contribution in [0.1, 0.15) is 35.8 Å². The highest BCUT2D eigenvalue weighted by Crippen LogP contribution is 2.26. The molecular weight excluding hydrogens is 265 g/mol. The highest BCUT2D eigenvalue weighted by molar-refractivity contribution is 5.17. The van der Waals surface area contributed by atoms with Crippen molar-refractivity contribution in [1.29, 1.82) is 0 Å².